The molecular weight excluding hydrogens is 336 g/mol. The van der Waals surface area contributed by atoms with E-state index in [1.807, 2.05) is 20.8 Å². The van der Waals surface area contributed by atoms with Gasteiger partial charge in [0.25, 0.3) is 0 Å². The van der Waals surface area contributed by atoms with E-state index in [9.17, 15) is 14.4 Å². The molecule has 1 aromatic rings. The van der Waals surface area contributed by atoms with Gasteiger partial charge >= 0.3 is 12.1 Å². The molecule has 1 rings (SSSR count). The third kappa shape index (κ3) is 10.2. The van der Waals surface area contributed by atoms with Crippen LogP contribution in [0.1, 0.15) is 39.2 Å². The van der Waals surface area contributed by atoms with Crippen molar-refractivity contribution < 1.29 is 19.1 Å². The fourth-order valence-electron chi connectivity index (χ4n) is 1.92. The molecule has 0 aliphatic rings. The van der Waals surface area contributed by atoms with Gasteiger partial charge in [0.05, 0.1) is 0 Å². The molecule has 0 fully saturated rings. The number of nitrogens with one attached hydrogen (secondary N) is 3. The second-order valence-electron chi connectivity index (χ2n) is 5.35. The lowest BCUT2D eigenvalue weighted by Crippen LogP contribution is -2.30. The van der Waals surface area contributed by atoms with E-state index in [0.29, 0.717) is 25.1 Å². The average Bonchev–Trinajstić information content (AvgIpc) is 2.65. The van der Waals surface area contributed by atoms with Gasteiger partial charge in [0.2, 0.25) is 5.91 Å². The Morgan fingerprint density at radius 3 is 2.31 bits per heavy atom. The maximum Gasteiger partial charge on any atom is 0.407 e. The molecule has 0 spiro atoms. The number of hydrogen-bond acceptors (Lipinski definition) is 4. The van der Waals surface area contributed by atoms with E-state index < -0.39 is 12.1 Å². The highest BCUT2D eigenvalue weighted by Gasteiger charge is 2.12. The first kappa shape index (κ1) is 23.2. The van der Waals surface area contributed by atoms with E-state index in [1.54, 1.807) is 24.3 Å². The summed E-state index contributed by atoms with van der Waals surface area (Å²) >= 11 is 0. The first-order valence-corrected chi connectivity index (χ1v) is 8.70. The first-order chi connectivity index (χ1) is 12.4. The minimum Gasteiger partial charge on any atom is -0.445 e. The molecule has 0 unspecified atom stereocenters. The van der Waals surface area contributed by atoms with Crippen LogP contribution in [0.25, 0.3) is 0 Å². The number of carbonyl (C=O) groups excluding carboxylic acids is 3. The van der Waals surface area contributed by atoms with Gasteiger partial charge in [-0.25, -0.2) is 9.59 Å². The van der Waals surface area contributed by atoms with Crippen LogP contribution in [-0.2, 0) is 16.1 Å². The van der Waals surface area contributed by atoms with Crippen molar-refractivity contribution in [2.24, 2.45) is 11.7 Å². The maximum atomic E-state index is 12.1. The molecule has 8 heteroatoms. The molecule has 0 bridgehead atoms. The molecule has 4 amide bonds. The molecule has 146 valence electrons. The Balaban J connectivity index is 0.00000301. The number of ether oxygens (including phenoxy) is 1. The number of urea groups is 1. The van der Waals surface area contributed by atoms with E-state index in [1.165, 1.54) is 7.05 Å². The lowest BCUT2D eigenvalue weighted by atomic mass is 10.0. The van der Waals surface area contributed by atoms with Crippen molar-refractivity contribution in [1.29, 1.82) is 0 Å². The highest BCUT2D eigenvalue weighted by atomic mass is 16.5. The molecule has 8 nitrogen and oxygen atoms in total. The van der Waals surface area contributed by atoms with Gasteiger partial charge in [-0.3, -0.25) is 4.79 Å². The van der Waals surface area contributed by atoms with Crippen LogP contribution in [0.4, 0.5) is 15.3 Å². The largest absolute Gasteiger partial charge is 0.445 e. The van der Waals surface area contributed by atoms with Crippen molar-refractivity contribution in [3.8, 4) is 0 Å². The molecule has 0 aliphatic carbocycles. The lowest BCUT2D eigenvalue weighted by Gasteiger charge is -2.12. The summed E-state index contributed by atoms with van der Waals surface area (Å²) in [6.45, 7) is 6.44. The van der Waals surface area contributed by atoms with Crippen LogP contribution in [0.5, 0.6) is 0 Å². The summed E-state index contributed by atoms with van der Waals surface area (Å²) in [5.74, 6) is -0.278. The maximum absolute atomic E-state index is 12.1. The Morgan fingerprint density at radius 2 is 1.77 bits per heavy atom. The summed E-state index contributed by atoms with van der Waals surface area (Å²) in [7, 11) is 1.49. The van der Waals surface area contributed by atoms with E-state index in [4.69, 9.17) is 10.5 Å². The van der Waals surface area contributed by atoms with Crippen molar-refractivity contribution in [1.82, 2.24) is 10.6 Å². The van der Waals surface area contributed by atoms with Gasteiger partial charge in [0.1, 0.15) is 6.61 Å². The molecule has 0 saturated heterocycles. The fraction of sp³-hybridized carbons (Fsp3) is 0.500. The Morgan fingerprint density at radius 1 is 1.15 bits per heavy atom. The van der Waals surface area contributed by atoms with Crippen molar-refractivity contribution >= 4 is 23.7 Å². The monoisotopic (exact) mass is 366 g/mol. The Kier molecular flexibility index (Phi) is 12.1. The minimum absolute atomic E-state index is 0.0940. The lowest BCUT2D eigenvalue weighted by molar-refractivity contribution is -0.119. The Labute approximate surface area is 154 Å². The van der Waals surface area contributed by atoms with E-state index in [0.717, 1.165) is 5.56 Å². The van der Waals surface area contributed by atoms with Crippen LogP contribution < -0.4 is 21.7 Å². The van der Waals surface area contributed by atoms with E-state index >= 15 is 0 Å². The second kappa shape index (κ2) is 13.5. The van der Waals surface area contributed by atoms with Crippen molar-refractivity contribution in [3.05, 3.63) is 29.8 Å². The topological polar surface area (TPSA) is 123 Å². The van der Waals surface area contributed by atoms with Crippen LogP contribution >= 0.6 is 0 Å². The van der Waals surface area contributed by atoms with Crippen LogP contribution in [0.2, 0.25) is 0 Å². The quantitative estimate of drug-likeness (QED) is 0.528. The van der Waals surface area contributed by atoms with Gasteiger partial charge in [0.15, 0.2) is 0 Å². The van der Waals surface area contributed by atoms with Gasteiger partial charge in [-0.15, -0.1) is 0 Å². The number of rotatable bonds is 8. The summed E-state index contributed by atoms with van der Waals surface area (Å²) in [6, 6.07) is 6.50. The predicted octanol–water partition coefficient (Wildman–Crippen LogP) is 2.59. The van der Waals surface area contributed by atoms with Crippen LogP contribution in [0.15, 0.2) is 24.3 Å². The summed E-state index contributed by atoms with van der Waals surface area (Å²) in [5, 5.41) is 7.67. The van der Waals surface area contributed by atoms with E-state index in [-0.39, 0.29) is 18.4 Å². The molecule has 0 aromatic heterocycles. The number of carbonyl (C=O) groups is 3. The Hall–Kier alpha value is -2.77. The summed E-state index contributed by atoms with van der Waals surface area (Å²) in [5.41, 5.74) is 6.46. The number of alkyl carbamates (subject to hydrolysis) is 1. The minimum atomic E-state index is -0.562. The second-order valence-corrected chi connectivity index (χ2v) is 5.35. The van der Waals surface area contributed by atoms with Gasteiger partial charge in [0, 0.05) is 25.2 Å². The Bertz CT molecular complexity index is 561. The molecule has 1 atom stereocenters. The molecule has 0 saturated carbocycles. The third-order valence-corrected chi connectivity index (χ3v) is 3.36. The summed E-state index contributed by atoms with van der Waals surface area (Å²) < 4.78 is 4.93. The standard InChI is InChI=1S/C16H24N4O4.C2H6/c1-11(4-3-9-19-15(17)22)14(21)20-13-7-5-12(6-8-13)10-24-16(23)18-2;1-2/h5-8,11H,3-4,9-10H2,1-2H3,(H,18,23)(H,20,21)(H3,17,19,22);1-2H3/t11-;/m0./s1. The van der Waals surface area contributed by atoms with Gasteiger partial charge in [-0.1, -0.05) is 32.9 Å². The number of primary amides is 1. The highest BCUT2D eigenvalue weighted by Crippen LogP contribution is 2.13. The highest BCUT2D eigenvalue weighted by molar-refractivity contribution is 5.92. The smallest absolute Gasteiger partial charge is 0.407 e. The number of hydrogen-bond donors (Lipinski definition) is 4. The number of benzene rings is 1. The van der Waals surface area contributed by atoms with Crippen LogP contribution in [-0.4, -0.2) is 31.6 Å². The van der Waals surface area contributed by atoms with E-state index in [2.05, 4.69) is 16.0 Å². The van der Waals surface area contributed by atoms with Crippen molar-refractivity contribution in [3.63, 3.8) is 0 Å². The normalized spacial score (nSPS) is 10.6. The zero-order valence-corrected chi connectivity index (χ0v) is 15.9. The fourth-order valence-corrected chi connectivity index (χ4v) is 1.92. The van der Waals surface area contributed by atoms with Crippen molar-refractivity contribution in [2.75, 3.05) is 18.9 Å². The summed E-state index contributed by atoms with van der Waals surface area (Å²) in [4.78, 5) is 33.6. The van der Waals surface area contributed by atoms with Crippen LogP contribution in [0.3, 0.4) is 0 Å². The molecule has 0 aliphatic heterocycles. The van der Waals surface area contributed by atoms with Gasteiger partial charge in [-0.05, 0) is 30.5 Å². The molecule has 26 heavy (non-hydrogen) atoms. The molecule has 1 aromatic carbocycles. The SMILES string of the molecule is CC.CNC(=O)OCc1ccc(NC(=O)[C@@H](C)CCCNC(N)=O)cc1. The zero-order chi connectivity index (χ0) is 19.9. The van der Waals surface area contributed by atoms with Crippen molar-refractivity contribution in [2.45, 2.75) is 40.2 Å². The van der Waals surface area contributed by atoms with Gasteiger partial charge in [-0.2, -0.15) is 0 Å². The van der Waals surface area contributed by atoms with Gasteiger partial charge < -0.3 is 26.4 Å². The summed E-state index contributed by atoms with van der Waals surface area (Å²) in [6.07, 6.45) is 0.823. The predicted molar refractivity (Wildman–Crippen MR) is 102 cm³/mol. The zero-order valence-electron chi connectivity index (χ0n) is 15.9. The first-order valence-electron chi connectivity index (χ1n) is 8.70. The van der Waals surface area contributed by atoms with Crippen LogP contribution in [0, 0.1) is 5.92 Å². The molecule has 5 N–H and O–H groups in total. The number of nitrogens with two attached hydrogens (primary N) is 1. The molecule has 0 radical (unpaired) electrons. The number of anilines is 1. The average molecular weight is 366 g/mol. The molecule has 0 heterocycles. The number of amides is 4. The third-order valence-electron chi connectivity index (χ3n) is 3.36. The molecular formula is C18H30N4O4.